The number of hydrogen-bond donors (Lipinski definition) is 0. The summed E-state index contributed by atoms with van der Waals surface area (Å²) in [7, 11) is 2.10. The fourth-order valence-corrected chi connectivity index (χ4v) is 7.34. The summed E-state index contributed by atoms with van der Waals surface area (Å²) in [6.45, 7) is 13.2. The zero-order valence-corrected chi connectivity index (χ0v) is 35.6. The summed E-state index contributed by atoms with van der Waals surface area (Å²) in [6, 6.07) is 0. The number of likely N-dealkylation sites (tertiary alicyclic amines) is 1. The maximum atomic E-state index is 13.7. The number of rotatable bonds is 35. The van der Waals surface area contributed by atoms with E-state index in [-0.39, 0.29) is 48.2 Å². The van der Waals surface area contributed by atoms with Crippen LogP contribution < -0.4 is 0 Å². The SMILES string of the molecule is CCCCCOC1CN(C)CCC1C(=O)OC(CCCCCCC(=O)OC(CCCC)CCCC)CCCCCCC(=O)OC(CCCC)CCCC. The molecule has 1 aliphatic heterocycles. The normalized spacial score (nSPS) is 16.5. The third-order valence-corrected chi connectivity index (χ3v) is 10.9. The Balaban J connectivity index is 2.62. The molecule has 0 aromatic carbocycles. The Hall–Kier alpha value is -1.67. The topological polar surface area (TPSA) is 91.4 Å². The molecule has 1 fully saturated rings. The Kier molecular flexibility index (Phi) is 31.3. The van der Waals surface area contributed by atoms with E-state index in [4.69, 9.17) is 18.9 Å². The number of unbranched alkanes of at least 4 members (excludes halogenated alkanes) is 12. The highest BCUT2D eigenvalue weighted by Crippen LogP contribution is 2.25. The lowest BCUT2D eigenvalue weighted by Gasteiger charge is -2.36. The van der Waals surface area contributed by atoms with Crippen LogP contribution in [-0.4, -0.2) is 74.0 Å². The minimum Gasteiger partial charge on any atom is -0.462 e. The summed E-state index contributed by atoms with van der Waals surface area (Å²) in [5, 5.41) is 0. The van der Waals surface area contributed by atoms with Crippen molar-refractivity contribution >= 4 is 17.9 Å². The highest BCUT2D eigenvalue weighted by atomic mass is 16.6. The van der Waals surface area contributed by atoms with Crippen molar-refractivity contribution in [2.45, 2.75) is 239 Å². The van der Waals surface area contributed by atoms with E-state index < -0.39 is 0 Å². The summed E-state index contributed by atoms with van der Waals surface area (Å²) < 4.78 is 24.3. The number of carbonyl (C=O) groups excluding carboxylic acids is 3. The van der Waals surface area contributed by atoms with E-state index in [1.54, 1.807) is 0 Å². The summed E-state index contributed by atoms with van der Waals surface area (Å²) in [4.78, 5) is 41.0. The lowest BCUT2D eigenvalue weighted by Crippen LogP contribution is -2.47. The van der Waals surface area contributed by atoms with E-state index in [0.717, 1.165) is 180 Å². The highest BCUT2D eigenvalue weighted by molar-refractivity contribution is 5.73. The van der Waals surface area contributed by atoms with E-state index in [1.807, 2.05) is 0 Å². The molecular weight excluding hydrogens is 666 g/mol. The number of hydrogen-bond acceptors (Lipinski definition) is 8. The number of likely N-dealkylation sites (N-methyl/N-ethyl adjacent to an activating group) is 1. The molecule has 1 saturated heterocycles. The monoisotopic (exact) mass is 752 g/mol. The Morgan fingerprint density at radius 2 is 0.943 bits per heavy atom. The summed E-state index contributed by atoms with van der Waals surface area (Å²) in [6.07, 6.45) is 26.9. The second kappa shape index (κ2) is 33.6. The van der Waals surface area contributed by atoms with Crippen molar-refractivity contribution in [3.05, 3.63) is 0 Å². The van der Waals surface area contributed by atoms with Crippen LogP contribution in [0, 0.1) is 5.92 Å². The number of esters is 3. The molecule has 0 spiro atoms. The molecule has 1 aliphatic rings. The lowest BCUT2D eigenvalue weighted by molar-refractivity contribution is -0.164. The van der Waals surface area contributed by atoms with Crippen molar-refractivity contribution < 1.29 is 33.3 Å². The van der Waals surface area contributed by atoms with Crippen LogP contribution in [0.25, 0.3) is 0 Å². The van der Waals surface area contributed by atoms with Gasteiger partial charge in [0.05, 0.1) is 12.0 Å². The number of carbonyl (C=O) groups is 3. The quantitative estimate of drug-likeness (QED) is 0.0359. The van der Waals surface area contributed by atoms with Crippen LogP contribution in [0.15, 0.2) is 0 Å². The minimum atomic E-state index is -0.218. The largest absolute Gasteiger partial charge is 0.462 e. The van der Waals surface area contributed by atoms with Crippen LogP contribution >= 0.6 is 0 Å². The molecule has 312 valence electrons. The van der Waals surface area contributed by atoms with Gasteiger partial charge in [-0.1, -0.05) is 125 Å². The Bertz CT molecular complexity index is 836. The first-order chi connectivity index (χ1) is 25.8. The maximum absolute atomic E-state index is 13.7. The maximum Gasteiger partial charge on any atom is 0.311 e. The number of nitrogens with zero attached hydrogens (tertiary/aromatic N) is 1. The van der Waals surface area contributed by atoms with Gasteiger partial charge >= 0.3 is 17.9 Å². The molecule has 0 aliphatic carbocycles. The molecular formula is C45H85NO7. The van der Waals surface area contributed by atoms with Crippen molar-refractivity contribution in [2.24, 2.45) is 5.92 Å². The highest BCUT2D eigenvalue weighted by Gasteiger charge is 2.36. The molecule has 53 heavy (non-hydrogen) atoms. The molecule has 0 saturated carbocycles. The first-order valence-electron chi connectivity index (χ1n) is 22.7. The third kappa shape index (κ3) is 25.9. The van der Waals surface area contributed by atoms with Crippen molar-refractivity contribution in [2.75, 3.05) is 26.7 Å². The van der Waals surface area contributed by atoms with Crippen LogP contribution in [0.2, 0.25) is 0 Å². The minimum absolute atomic E-state index is 0.0559. The molecule has 8 heteroatoms. The fraction of sp³-hybridized carbons (Fsp3) is 0.933. The first kappa shape index (κ1) is 49.3. The zero-order chi connectivity index (χ0) is 38.9. The van der Waals surface area contributed by atoms with Crippen molar-refractivity contribution in [1.82, 2.24) is 4.90 Å². The van der Waals surface area contributed by atoms with E-state index in [9.17, 15) is 14.4 Å². The van der Waals surface area contributed by atoms with Gasteiger partial charge in [0.15, 0.2) is 0 Å². The molecule has 0 bridgehead atoms. The fourth-order valence-electron chi connectivity index (χ4n) is 7.34. The Labute approximate surface area is 326 Å². The molecule has 0 N–H and O–H groups in total. The summed E-state index contributed by atoms with van der Waals surface area (Å²) in [5.41, 5.74) is 0. The Morgan fingerprint density at radius 3 is 1.40 bits per heavy atom. The van der Waals surface area contributed by atoms with E-state index in [1.165, 1.54) is 0 Å². The second-order valence-corrected chi connectivity index (χ2v) is 16.0. The average Bonchev–Trinajstić information content (AvgIpc) is 3.14. The molecule has 8 nitrogen and oxygen atoms in total. The standard InChI is InChI=1S/C45H85NO7/c1-7-12-25-36-50-42-37-46(6)35-34-41(42)45(49)53-40(30-21-17-19-23-32-43(47)51-38(26-13-8-2)27-14-9-3)31-22-18-20-24-33-44(48)52-39(28-15-10-4)29-16-11-5/h38-42H,7-37H2,1-6H3. The smallest absolute Gasteiger partial charge is 0.311 e. The van der Waals surface area contributed by atoms with Gasteiger partial charge in [0, 0.05) is 26.0 Å². The molecule has 0 aromatic heterocycles. The molecule has 2 atom stereocenters. The second-order valence-electron chi connectivity index (χ2n) is 16.0. The van der Waals surface area contributed by atoms with Crippen LogP contribution in [0.4, 0.5) is 0 Å². The molecule has 0 aromatic rings. The molecule has 0 amide bonds. The van der Waals surface area contributed by atoms with Gasteiger partial charge in [-0.3, -0.25) is 14.4 Å². The van der Waals surface area contributed by atoms with Crippen LogP contribution in [0.1, 0.15) is 214 Å². The van der Waals surface area contributed by atoms with Crippen LogP contribution in [-0.2, 0) is 33.3 Å². The van der Waals surface area contributed by atoms with E-state index >= 15 is 0 Å². The predicted molar refractivity (Wildman–Crippen MR) is 218 cm³/mol. The molecule has 1 heterocycles. The van der Waals surface area contributed by atoms with Gasteiger partial charge in [-0.15, -0.1) is 0 Å². The van der Waals surface area contributed by atoms with Crippen molar-refractivity contribution in [3.8, 4) is 0 Å². The van der Waals surface area contributed by atoms with Gasteiger partial charge < -0.3 is 23.8 Å². The molecule has 1 rings (SSSR count). The molecule has 2 unspecified atom stereocenters. The third-order valence-electron chi connectivity index (χ3n) is 10.9. The number of ether oxygens (including phenoxy) is 4. The van der Waals surface area contributed by atoms with Gasteiger partial charge in [0.2, 0.25) is 0 Å². The van der Waals surface area contributed by atoms with E-state index in [2.05, 4.69) is 46.6 Å². The van der Waals surface area contributed by atoms with Crippen molar-refractivity contribution in [3.63, 3.8) is 0 Å². The van der Waals surface area contributed by atoms with Gasteiger partial charge in [-0.2, -0.15) is 0 Å². The van der Waals surface area contributed by atoms with Gasteiger partial charge in [0.25, 0.3) is 0 Å². The first-order valence-corrected chi connectivity index (χ1v) is 22.7. The summed E-state index contributed by atoms with van der Waals surface area (Å²) in [5.74, 6) is -0.431. The van der Waals surface area contributed by atoms with Crippen molar-refractivity contribution in [1.29, 1.82) is 0 Å². The molecule has 0 radical (unpaired) electrons. The van der Waals surface area contributed by atoms with E-state index in [0.29, 0.717) is 19.4 Å². The summed E-state index contributed by atoms with van der Waals surface area (Å²) >= 11 is 0. The predicted octanol–water partition coefficient (Wildman–Crippen LogP) is 11.7. The van der Waals surface area contributed by atoms with Crippen LogP contribution in [0.3, 0.4) is 0 Å². The van der Waals surface area contributed by atoms with Gasteiger partial charge in [0.1, 0.15) is 18.3 Å². The van der Waals surface area contributed by atoms with Gasteiger partial charge in [-0.25, -0.2) is 0 Å². The number of piperidine rings is 1. The zero-order valence-electron chi connectivity index (χ0n) is 35.6. The Morgan fingerprint density at radius 1 is 0.528 bits per heavy atom. The van der Waals surface area contributed by atoms with Gasteiger partial charge in [-0.05, 0) is 90.6 Å². The lowest BCUT2D eigenvalue weighted by atomic mass is 9.93. The average molecular weight is 752 g/mol. The van der Waals surface area contributed by atoms with Crippen LogP contribution in [0.5, 0.6) is 0 Å².